The van der Waals surface area contributed by atoms with Gasteiger partial charge in [-0.2, -0.15) is 4.98 Å². The topological polar surface area (TPSA) is 267 Å². The summed E-state index contributed by atoms with van der Waals surface area (Å²) in [6, 6.07) is 8.52. The van der Waals surface area contributed by atoms with E-state index in [4.69, 9.17) is 74.6 Å². The number of benzene rings is 2. The highest BCUT2D eigenvalue weighted by Gasteiger charge is 2.32. The molecular formula is C60H78Cl3N15O7. The van der Waals surface area contributed by atoms with Crippen LogP contribution >= 0.6 is 34.8 Å². The highest BCUT2D eigenvalue weighted by Crippen LogP contribution is 2.40. The van der Waals surface area contributed by atoms with Crippen molar-refractivity contribution in [2.24, 2.45) is 0 Å². The van der Waals surface area contributed by atoms with Gasteiger partial charge in [-0.05, 0) is 157 Å². The number of aryl methyl sites for hydroxylation is 4. The predicted molar refractivity (Wildman–Crippen MR) is 331 cm³/mol. The third kappa shape index (κ3) is 15.1. The summed E-state index contributed by atoms with van der Waals surface area (Å²) in [4.78, 5) is 39.3. The molecule has 3 aliphatic heterocycles. The van der Waals surface area contributed by atoms with Crippen molar-refractivity contribution >= 4 is 64.0 Å². The number of hydrogen-bond acceptors (Lipinski definition) is 20. The lowest BCUT2D eigenvalue weighted by atomic mass is 10.1. The van der Waals surface area contributed by atoms with E-state index in [1.807, 2.05) is 29.0 Å². The van der Waals surface area contributed by atoms with Crippen molar-refractivity contribution in [2.75, 3.05) is 88.7 Å². The van der Waals surface area contributed by atoms with Crippen LogP contribution in [0, 0.1) is 13.8 Å². The maximum absolute atomic E-state index is 9.81. The molecule has 2 aromatic carbocycles. The van der Waals surface area contributed by atoms with Gasteiger partial charge >= 0.3 is 0 Å². The van der Waals surface area contributed by atoms with Crippen molar-refractivity contribution < 1.29 is 34.3 Å². The number of nitrogens with zero attached hydrogens (tertiary/aromatic N) is 12. The maximum Gasteiger partial charge on any atom is 0.230 e. The molecule has 0 saturated carbocycles. The fraction of sp³-hybridized carbons (Fsp3) is 0.500. The molecule has 3 atom stereocenters. The van der Waals surface area contributed by atoms with E-state index in [-0.39, 0.29) is 30.6 Å². The normalized spacial score (nSPS) is 18.0. The number of aromatic nitrogens is 10. The van der Waals surface area contributed by atoms with Crippen molar-refractivity contribution in [3.63, 3.8) is 0 Å². The first kappa shape index (κ1) is 62.7. The predicted octanol–water partition coefficient (Wildman–Crippen LogP) is 8.54. The lowest BCUT2D eigenvalue weighted by Gasteiger charge is -2.26. The van der Waals surface area contributed by atoms with Crippen LogP contribution in [0.1, 0.15) is 103 Å². The van der Waals surface area contributed by atoms with Gasteiger partial charge in [0.05, 0.1) is 101 Å². The van der Waals surface area contributed by atoms with Gasteiger partial charge in [-0.1, -0.05) is 11.6 Å². The Morgan fingerprint density at radius 1 is 0.588 bits per heavy atom. The van der Waals surface area contributed by atoms with Crippen molar-refractivity contribution in [2.45, 2.75) is 128 Å². The Kier molecular flexibility index (Phi) is 21.8. The maximum atomic E-state index is 9.81. The highest BCUT2D eigenvalue weighted by molar-refractivity contribution is 6.32. The first-order valence-electron chi connectivity index (χ1n) is 29.1. The number of ether oxygens (including phenoxy) is 4. The molecule has 0 radical (unpaired) electrons. The van der Waals surface area contributed by atoms with Gasteiger partial charge in [-0.3, -0.25) is 0 Å². The van der Waals surface area contributed by atoms with Crippen LogP contribution < -0.4 is 45.1 Å². The van der Waals surface area contributed by atoms with Crippen molar-refractivity contribution in [1.29, 1.82) is 0 Å². The molecule has 3 aliphatic carbocycles. The van der Waals surface area contributed by atoms with E-state index in [9.17, 15) is 10.2 Å². The number of aliphatic hydroxyl groups is 3. The standard InChI is InChI=1S/C24H30N6O2.C12H16ClN3O.C12H15N3O3.C7H6Cl2N2.C5H11NO/c1-15-10-18(11-21(32-3)16(15)2)29-12-22(25-14-29)27-24-26-20-8-4-7-19(20)23(28-24)30-9-5-6-17(30)13-31;13-12-14-10-5-1-4-9(10)11(15-12)16-6-2-3-8(16)7-17;1-16-9-4-8(15-6-11(13)14-7-15)5-10(17-2)12(9)18-3;8-6-4-2-1-3-5(4)10-7(9)11-6;7-4-5-2-1-3-6-5/h10-12,14,17,31H,4-9,13H2,1-3H3,(H,26,27,28);8,17H,1-7H2;4-7H,13H2,1-3H3;1-3H2;5-7H,1-4H2/t17-;8-;;;5-/m00..0/s1. The molecule has 3 saturated heterocycles. The number of aliphatic hydroxyl groups excluding tert-OH is 3. The summed E-state index contributed by atoms with van der Waals surface area (Å²) in [7, 11) is 6.40. The van der Waals surface area contributed by atoms with Gasteiger partial charge in [0.15, 0.2) is 17.3 Å². The van der Waals surface area contributed by atoms with Crippen molar-refractivity contribution in [3.8, 4) is 34.4 Å². The van der Waals surface area contributed by atoms with Gasteiger partial charge in [0.25, 0.3) is 0 Å². The number of nitrogens with two attached hydrogens (primary N) is 1. The first-order chi connectivity index (χ1) is 41.3. The fourth-order valence-corrected chi connectivity index (χ4v) is 12.4. The largest absolute Gasteiger partial charge is 0.496 e. The lowest BCUT2D eigenvalue weighted by molar-refractivity contribution is 0.255. The van der Waals surface area contributed by atoms with Crippen LogP contribution in [-0.4, -0.2) is 150 Å². The molecule has 7 N–H and O–H groups in total. The van der Waals surface area contributed by atoms with Gasteiger partial charge in [0, 0.05) is 54.0 Å². The monoisotopic (exact) mass is 1230 g/mol. The lowest BCUT2D eigenvalue weighted by Crippen LogP contribution is -2.33. The summed E-state index contributed by atoms with van der Waals surface area (Å²) in [5.41, 5.74) is 16.5. The minimum atomic E-state index is 0.140. The molecular weight excluding hydrogens is 1150 g/mol. The second-order valence-corrected chi connectivity index (χ2v) is 22.6. The zero-order valence-corrected chi connectivity index (χ0v) is 51.5. The summed E-state index contributed by atoms with van der Waals surface area (Å²) in [5, 5.41) is 35.3. The van der Waals surface area contributed by atoms with E-state index in [0.29, 0.717) is 57.9 Å². The van der Waals surface area contributed by atoms with E-state index in [1.54, 1.807) is 51.9 Å². The zero-order chi connectivity index (χ0) is 60.1. The molecule has 6 aliphatic rings. The molecule has 0 spiro atoms. The van der Waals surface area contributed by atoms with Crippen LogP contribution in [-0.2, 0) is 38.5 Å². The molecule has 22 nitrogen and oxygen atoms in total. The molecule has 8 heterocycles. The van der Waals surface area contributed by atoms with Gasteiger partial charge in [0.1, 0.15) is 41.0 Å². The van der Waals surface area contributed by atoms with Crippen LogP contribution in [0.5, 0.6) is 23.0 Å². The molecule has 25 heteroatoms. The SMILES string of the molecule is COc1cc(-n2cnc(N)c2)cc(OC)c1OC.COc1cc(-n2cnc(Nc3nc4c(c(N5CCC[C@H]5CO)n3)CCC4)c2)cc(C)c1C.Clc1nc(Cl)c2c(n1)CCC2.OC[C@@H]1CCCN1.OC[C@@H]1CCCN1c1nc(Cl)nc2c1CCC2. The van der Waals surface area contributed by atoms with E-state index in [0.717, 1.165) is 166 Å². The third-order valence-corrected chi connectivity index (χ3v) is 16.9. The molecule has 0 bridgehead atoms. The summed E-state index contributed by atoms with van der Waals surface area (Å²) >= 11 is 17.4. The van der Waals surface area contributed by atoms with Gasteiger partial charge in [0.2, 0.25) is 22.3 Å². The Labute approximate surface area is 511 Å². The van der Waals surface area contributed by atoms with Crippen LogP contribution in [0.15, 0.2) is 49.3 Å². The van der Waals surface area contributed by atoms with Gasteiger partial charge < -0.3 is 69.6 Å². The van der Waals surface area contributed by atoms with Crippen LogP contribution in [0.25, 0.3) is 11.4 Å². The molecule has 7 aromatic rings. The number of nitrogens with one attached hydrogen (secondary N) is 2. The number of nitrogen functional groups attached to an aromatic ring is 1. The second kappa shape index (κ2) is 29.5. The second-order valence-electron chi connectivity index (χ2n) is 21.6. The number of halogens is 3. The zero-order valence-electron chi connectivity index (χ0n) is 49.3. The number of anilines is 5. The van der Waals surface area contributed by atoms with Crippen molar-refractivity contribution in [1.82, 2.24) is 54.3 Å². The van der Waals surface area contributed by atoms with Gasteiger partial charge in [-0.15, -0.1) is 0 Å². The van der Waals surface area contributed by atoms with E-state index in [2.05, 4.69) is 70.3 Å². The summed E-state index contributed by atoms with van der Waals surface area (Å²) < 4.78 is 25.1. The molecule has 456 valence electrons. The third-order valence-electron chi connectivity index (χ3n) is 16.2. The summed E-state index contributed by atoms with van der Waals surface area (Å²) in [6.45, 7) is 7.77. The Bertz CT molecular complexity index is 3360. The molecule has 0 amide bonds. The number of hydrogen-bond donors (Lipinski definition) is 6. The van der Waals surface area contributed by atoms with Gasteiger partial charge in [-0.25, -0.2) is 34.9 Å². The summed E-state index contributed by atoms with van der Waals surface area (Å²) in [6.07, 6.45) is 23.0. The number of fused-ring (bicyclic) bond motifs is 3. The molecule has 3 fully saturated rings. The Morgan fingerprint density at radius 3 is 1.67 bits per heavy atom. The number of imidazole rings is 2. The average Bonchev–Trinajstić information content (AvgIpc) is 3.66. The molecule has 13 rings (SSSR count). The molecule has 85 heavy (non-hydrogen) atoms. The number of rotatable bonds is 13. The molecule has 5 aromatic heterocycles. The highest BCUT2D eigenvalue weighted by atomic mass is 35.5. The van der Waals surface area contributed by atoms with Crippen LogP contribution in [0.2, 0.25) is 15.7 Å². The minimum Gasteiger partial charge on any atom is -0.496 e. The van der Waals surface area contributed by atoms with E-state index < -0.39 is 0 Å². The Morgan fingerprint density at radius 2 is 1.13 bits per heavy atom. The van der Waals surface area contributed by atoms with E-state index in [1.165, 1.54) is 23.1 Å². The smallest absolute Gasteiger partial charge is 0.230 e. The fourth-order valence-electron chi connectivity index (χ4n) is 11.7. The van der Waals surface area contributed by atoms with Crippen molar-refractivity contribution in [3.05, 3.63) is 110 Å². The average molecular weight is 1230 g/mol. The summed E-state index contributed by atoms with van der Waals surface area (Å²) in [5.74, 6) is 6.22. The Balaban J connectivity index is 0.000000139. The van der Waals surface area contributed by atoms with Crippen LogP contribution in [0.4, 0.5) is 29.2 Å². The van der Waals surface area contributed by atoms with Crippen LogP contribution in [0.3, 0.4) is 0 Å². The molecule has 0 unspecified atom stereocenters. The first-order valence-corrected chi connectivity index (χ1v) is 30.2. The Hall–Kier alpha value is -6.79. The number of methoxy groups -OCH3 is 4. The quantitative estimate of drug-likeness (QED) is 0.0466. The van der Waals surface area contributed by atoms with E-state index >= 15 is 0 Å². The minimum absolute atomic E-state index is 0.140.